The van der Waals surface area contributed by atoms with Crippen LogP contribution in [0.3, 0.4) is 0 Å². The summed E-state index contributed by atoms with van der Waals surface area (Å²) in [4.78, 5) is 12.8. The minimum atomic E-state index is 0.344. The van der Waals surface area contributed by atoms with E-state index in [0.29, 0.717) is 29.9 Å². The van der Waals surface area contributed by atoms with E-state index in [0.717, 1.165) is 6.54 Å². The van der Waals surface area contributed by atoms with Crippen molar-refractivity contribution in [3.05, 3.63) is 0 Å². The Morgan fingerprint density at radius 2 is 1.80 bits per heavy atom. The third-order valence-corrected chi connectivity index (χ3v) is 3.85. The molecule has 0 radical (unpaired) electrons. The molecule has 0 atom stereocenters. The summed E-state index contributed by atoms with van der Waals surface area (Å²) in [7, 11) is 1.79. The number of nitrogens with zero attached hydrogens (tertiary/aromatic N) is 3. The van der Waals surface area contributed by atoms with Gasteiger partial charge in [0.25, 0.3) is 0 Å². The summed E-state index contributed by atoms with van der Waals surface area (Å²) in [6.45, 7) is 5.69. The molecule has 112 valence electrons. The van der Waals surface area contributed by atoms with Crippen LogP contribution < -0.4 is 15.4 Å². The number of aromatic nitrogens is 3. The molecular formula is C14H25N5O. The third kappa shape index (κ3) is 3.95. The minimum Gasteiger partial charge on any atom is -0.464 e. The second kappa shape index (κ2) is 6.72. The molecule has 6 nitrogen and oxygen atoms in total. The molecule has 1 fully saturated rings. The lowest BCUT2D eigenvalue weighted by Gasteiger charge is -2.33. The van der Waals surface area contributed by atoms with Crippen LogP contribution in [0.5, 0.6) is 6.01 Å². The van der Waals surface area contributed by atoms with Crippen molar-refractivity contribution < 1.29 is 4.74 Å². The second-order valence-electron chi connectivity index (χ2n) is 5.67. The fourth-order valence-corrected chi connectivity index (χ4v) is 2.62. The van der Waals surface area contributed by atoms with E-state index >= 15 is 0 Å². The predicted molar refractivity (Wildman–Crippen MR) is 80.2 cm³/mol. The molecule has 1 saturated carbocycles. The van der Waals surface area contributed by atoms with Crippen molar-refractivity contribution in [2.75, 3.05) is 30.8 Å². The Morgan fingerprint density at radius 3 is 2.45 bits per heavy atom. The summed E-state index contributed by atoms with van der Waals surface area (Å²) >= 11 is 0. The highest BCUT2D eigenvalue weighted by Crippen LogP contribution is 2.35. The zero-order chi connectivity index (χ0) is 14.4. The van der Waals surface area contributed by atoms with Gasteiger partial charge in [-0.1, -0.05) is 26.2 Å². The molecule has 6 heteroatoms. The van der Waals surface area contributed by atoms with Crippen LogP contribution in [0.4, 0.5) is 11.9 Å². The van der Waals surface area contributed by atoms with Crippen LogP contribution in [0.2, 0.25) is 0 Å². The summed E-state index contributed by atoms with van der Waals surface area (Å²) in [6.07, 6.45) is 6.53. The standard InChI is InChI=1S/C14H25N5O/c1-4-20-13-18-11(15-3)17-12(19-13)16-10-14(2)8-6-5-7-9-14/h4-10H2,1-3H3,(H2,15,16,17,18,19). The van der Waals surface area contributed by atoms with Gasteiger partial charge in [-0.25, -0.2) is 0 Å². The fraction of sp³-hybridized carbons (Fsp3) is 0.786. The van der Waals surface area contributed by atoms with Gasteiger partial charge in [-0.15, -0.1) is 0 Å². The molecule has 2 N–H and O–H groups in total. The highest BCUT2D eigenvalue weighted by Gasteiger charge is 2.26. The van der Waals surface area contributed by atoms with Gasteiger partial charge >= 0.3 is 6.01 Å². The van der Waals surface area contributed by atoms with Gasteiger partial charge in [-0.2, -0.15) is 15.0 Å². The molecule has 0 bridgehead atoms. The molecule has 0 unspecified atom stereocenters. The molecule has 1 aliphatic carbocycles. The molecule has 1 aromatic heterocycles. The van der Waals surface area contributed by atoms with E-state index in [1.165, 1.54) is 32.1 Å². The SMILES string of the molecule is CCOc1nc(NC)nc(NCC2(C)CCCCC2)n1. The number of ether oxygens (including phenoxy) is 1. The van der Waals surface area contributed by atoms with E-state index in [-0.39, 0.29) is 0 Å². The van der Waals surface area contributed by atoms with Crippen molar-refractivity contribution in [1.29, 1.82) is 0 Å². The largest absolute Gasteiger partial charge is 0.464 e. The van der Waals surface area contributed by atoms with E-state index in [1.807, 2.05) is 6.92 Å². The van der Waals surface area contributed by atoms with E-state index in [4.69, 9.17) is 4.74 Å². The summed E-state index contributed by atoms with van der Waals surface area (Å²) in [5, 5.41) is 6.28. The quantitative estimate of drug-likeness (QED) is 0.834. The van der Waals surface area contributed by atoms with Gasteiger partial charge in [0.05, 0.1) is 6.61 Å². The van der Waals surface area contributed by atoms with Gasteiger partial charge in [0, 0.05) is 13.6 Å². The topological polar surface area (TPSA) is 72.0 Å². The smallest absolute Gasteiger partial charge is 0.323 e. The van der Waals surface area contributed by atoms with E-state index in [9.17, 15) is 0 Å². The van der Waals surface area contributed by atoms with Crippen LogP contribution in [0.1, 0.15) is 46.0 Å². The van der Waals surface area contributed by atoms with E-state index in [2.05, 4.69) is 32.5 Å². The van der Waals surface area contributed by atoms with Crippen molar-refractivity contribution in [3.8, 4) is 6.01 Å². The number of rotatable bonds is 6. The monoisotopic (exact) mass is 279 g/mol. The molecule has 1 aromatic rings. The summed E-state index contributed by atoms with van der Waals surface area (Å²) < 4.78 is 5.36. The molecule has 20 heavy (non-hydrogen) atoms. The van der Waals surface area contributed by atoms with Crippen LogP contribution >= 0.6 is 0 Å². The Labute approximate surface area is 120 Å². The van der Waals surface area contributed by atoms with Crippen LogP contribution in [0, 0.1) is 5.41 Å². The molecule has 0 aromatic carbocycles. The van der Waals surface area contributed by atoms with Crippen molar-refractivity contribution in [3.63, 3.8) is 0 Å². The Kier molecular flexibility index (Phi) is 4.98. The van der Waals surface area contributed by atoms with Crippen LogP contribution in [0.25, 0.3) is 0 Å². The number of hydrogen-bond donors (Lipinski definition) is 2. The van der Waals surface area contributed by atoms with Gasteiger partial charge in [0.1, 0.15) is 0 Å². The first-order valence-electron chi connectivity index (χ1n) is 7.46. The Balaban J connectivity index is 2.02. The average Bonchev–Trinajstić information content (AvgIpc) is 2.46. The van der Waals surface area contributed by atoms with Crippen LogP contribution in [-0.4, -0.2) is 35.2 Å². The lowest BCUT2D eigenvalue weighted by atomic mass is 9.76. The van der Waals surface area contributed by atoms with Crippen molar-refractivity contribution >= 4 is 11.9 Å². The highest BCUT2D eigenvalue weighted by molar-refractivity contribution is 5.35. The van der Waals surface area contributed by atoms with Gasteiger partial charge in [0.15, 0.2) is 0 Å². The van der Waals surface area contributed by atoms with Crippen LogP contribution in [-0.2, 0) is 0 Å². The number of nitrogens with one attached hydrogen (secondary N) is 2. The predicted octanol–water partition coefficient (Wildman–Crippen LogP) is 2.69. The average molecular weight is 279 g/mol. The summed E-state index contributed by atoms with van der Waals surface area (Å²) in [5.41, 5.74) is 0.344. The highest BCUT2D eigenvalue weighted by atomic mass is 16.5. The second-order valence-corrected chi connectivity index (χ2v) is 5.67. The minimum absolute atomic E-state index is 0.344. The zero-order valence-corrected chi connectivity index (χ0v) is 12.7. The Morgan fingerprint density at radius 1 is 1.10 bits per heavy atom. The van der Waals surface area contributed by atoms with Gasteiger partial charge in [-0.05, 0) is 25.2 Å². The molecule has 0 spiro atoms. The Hall–Kier alpha value is -1.59. The van der Waals surface area contributed by atoms with E-state index in [1.54, 1.807) is 7.05 Å². The first kappa shape index (κ1) is 14.8. The Bertz CT molecular complexity index is 432. The zero-order valence-electron chi connectivity index (χ0n) is 12.7. The first-order valence-corrected chi connectivity index (χ1v) is 7.46. The maximum absolute atomic E-state index is 5.36. The lowest BCUT2D eigenvalue weighted by Crippen LogP contribution is -2.29. The molecular weight excluding hydrogens is 254 g/mol. The maximum atomic E-state index is 5.36. The third-order valence-electron chi connectivity index (χ3n) is 3.85. The molecule has 1 aliphatic rings. The molecule has 1 heterocycles. The van der Waals surface area contributed by atoms with Crippen molar-refractivity contribution in [2.45, 2.75) is 46.0 Å². The van der Waals surface area contributed by atoms with Gasteiger partial charge in [0.2, 0.25) is 11.9 Å². The normalized spacial score (nSPS) is 17.6. The van der Waals surface area contributed by atoms with Crippen molar-refractivity contribution in [1.82, 2.24) is 15.0 Å². The lowest BCUT2D eigenvalue weighted by molar-refractivity contribution is 0.233. The van der Waals surface area contributed by atoms with E-state index < -0.39 is 0 Å². The molecule has 0 saturated heterocycles. The first-order chi connectivity index (χ1) is 9.65. The fourth-order valence-electron chi connectivity index (χ4n) is 2.62. The van der Waals surface area contributed by atoms with Crippen molar-refractivity contribution in [2.24, 2.45) is 5.41 Å². The maximum Gasteiger partial charge on any atom is 0.323 e. The number of anilines is 2. The molecule has 2 rings (SSSR count). The van der Waals surface area contributed by atoms with Crippen LogP contribution in [0.15, 0.2) is 0 Å². The van der Waals surface area contributed by atoms with Gasteiger partial charge in [-0.3, -0.25) is 0 Å². The molecule has 0 amide bonds. The summed E-state index contributed by atoms with van der Waals surface area (Å²) in [6, 6.07) is 0.364. The molecule has 0 aliphatic heterocycles. The van der Waals surface area contributed by atoms with Gasteiger partial charge < -0.3 is 15.4 Å². The summed E-state index contributed by atoms with van der Waals surface area (Å²) in [5.74, 6) is 1.11. The number of hydrogen-bond acceptors (Lipinski definition) is 6.